The molecule has 0 radical (unpaired) electrons. The van der Waals surface area contributed by atoms with Crippen molar-refractivity contribution in [3.05, 3.63) is 24.4 Å². The minimum atomic E-state index is 0.567. The van der Waals surface area contributed by atoms with E-state index in [0.29, 0.717) is 18.4 Å². The average Bonchev–Trinajstić information content (AvgIpc) is 2.65. The Balaban J connectivity index is 1.46. The number of hydrogen-bond acceptors (Lipinski definition) is 6. The van der Waals surface area contributed by atoms with Gasteiger partial charge in [0.2, 0.25) is 5.88 Å². The van der Waals surface area contributed by atoms with Crippen LogP contribution in [0.4, 0.5) is 0 Å². The monoisotopic (exact) mass is 330 g/mol. The van der Waals surface area contributed by atoms with E-state index in [1.165, 1.54) is 12.8 Å². The molecule has 0 bridgehead atoms. The number of benzene rings is 1. The second kappa shape index (κ2) is 8.26. The van der Waals surface area contributed by atoms with Crippen LogP contribution in [0, 0.1) is 5.92 Å². The van der Waals surface area contributed by atoms with Gasteiger partial charge < -0.3 is 20.1 Å². The van der Waals surface area contributed by atoms with Crippen molar-refractivity contribution in [3.63, 3.8) is 0 Å². The topological polar surface area (TPSA) is 73.5 Å². The fourth-order valence-corrected chi connectivity index (χ4v) is 3.08. The average molecular weight is 330 g/mol. The van der Waals surface area contributed by atoms with E-state index in [-0.39, 0.29) is 0 Å². The van der Waals surface area contributed by atoms with Gasteiger partial charge in [-0.1, -0.05) is 0 Å². The van der Waals surface area contributed by atoms with Crippen LogP contribution in [0.1, 0.15) is 19.3 Å². The van der Waals surface area contributed by atoms with Crippen LogP contribution in [-0.2, 0) is 0 Å². The minimum Gasteiger partial charge on any atom is -0.497 e. The summed E-state index contributed by atoms with van der Waals surface area (Å²) in [5.74, 6) is 2.05. The Labute approximate surface area is 143 Å². The maximum atomic E-state index is 5.76. The molecule has 0 amide bonds. The number of nitrogens with two attached hydrogens (primary N) is 1. The van der Waals surface area contributed by atoms with Crippen LogP contribution >= 0.6 is 0 Å². The number of methoxy groups -OCH3 is 1. The molecule has 24 heavy (non-hydrogen) atoms. The first-order valence-electron chi connectivity index (χ1n) is 8.64. The van der Waals surface area contributed by atoms with Crippen LogP contribution in [-0.4, -0.2) is 54.8 Å². The molecule has 6 nitrogen and oxygen atoms in total. The standard InChI is InChI=1S/C18H26N4O2/c1-23-15-3-4-16-17(11-15)21-18(13-20-16)24-10-2-7-22-8-5-14(12-19)6-9-22/h3-4,11,13-14H,2,5-10,12,19H2,1H3. The largest absolute Gasteiger partial charge is 0.497 e. The molecule has 130 valence electrons. The molecule has 1 aliphatic rings. The lowest BCUT2D eigenvalue weighted by Crippen LogP contribution is -2.37. The summed E-state index contributed by atoms with van der Waals surface area (Å²) in [6.45, 7) is 4.84. The van der Waals surface area contributed by atoms with Gasteiger partial charge in [-0.25, -0.2) is 9.97 Å². The van der Waals surface area contributed by atoms with Crippen molar-refractivity contribution < 1.29 is 9.47 Å². The Hall–Kier alpha value is -1.92. The molecule has 0 atom stereocenters. The van der Waals surface area contributed by atoms with Crippen LogP contribution in [0.5, 0.6) is 11.6 Å². The smallest absolute Gasteiger partial charge is 0.232 e. The van der Waals surface area contributed by atoms with Gasteiger partial charge in [0, 0.05) is 12.6 Å². The van der Waals surface area contributed by atoms with E-state index in [9.17, 15) is 0 Å². The van der Waals surface area contributed by atoms with Crippen LogP contribution in [0.3, 0.4) is 0 Å². The van der Waals surface area contributed by atoms with Crippen molar-refractivity contribution >= 4 is 11.0 Å². The number of rotatable bonds is 7. The summed E-state index contributed by atoms with van der Waals surface area (Å²) in [4.78, 5) is 11.4. The molecular formula is C18H26N4O2. The fraction of sp³-hybridized carbons (Fsp3) is 0.556. The van der Waals surface area contributed by atoms with Crippen molar-refractivity contribution in [2.45, 2.75) is 19.3 Å². The van der Waals surface area contributed by atoms with E-state index in [0.717, 1.165) is 49.4 Å². The molecule has 1 saturated heterocycles. The molecule has 1 aromatic carbocycles. The zero-order valence-electron chi connectivity index (χ0n) is 14.3. The number of fused-ring (bicyclic) bond motifs is 1. The highest BCUT2D eigenvalue weighted by molar-refractivity contribution is 5.76. The summed E-state index contributed by atoms with van der Waals surface area (Å²) in [7, 11) is 1.64. The zero-order valence-corrected chi connectivity index (χ0v) is 14.3. The zero-order chi connectivity index (χ0) is 16.8. The Morgan fingerprint density at radius 3 is 2.83 bits per heavy atom. The maximum absolute atomic E-state index is 5.76. The van der Waals surface area contributed by atoms with Crippen molar-refractivity contribution in [2.75, 3.05) is 39.9 Å². The van der Waals surface area contributed by atoms with Crippen molar-refractivity contribution in [2.24, 2.45) is 11.7 Å². The third-order valence-electron chi connectivity index (χ3n) is 4.64. The van der Waals surface area contributed by atoms with E-state index >= 15 is 0 Å². The van der Waals surface area contributed by atoms with Gasteiger partial charge in [-0.05, 0) is 56.9 Å². The van der Waals surface area contributed by atoms with Gasteiger partial charge in [-0.3, -0.25) is 0 Å². The summed E-state index contributed by atoms with van der Waals surface area (Å²) in [5, 5.41) is 0. The number of aromatic nitrogens is 2. The molecule has 2 N–H and O–H groups in total. The van der Waals surface area contributed by atoms with Gasteiger partial charge in [0.15, 0.2) is 0 Å². The van der Waals surface area contributed by atoms with E-state index < -0.39 is 0 Å². The van der Waals surface area contributed by atoms with E-state index in [4.69, 9.17) is 15.2 Å². The first-order valence-corrected chi connectivity index (χ1v) is 8.64. The molecule has 0 unspecified atom stereocenters. The highest BCUT2D eigenvalue weighted by Gasteiger charge is 2.17. The van der Waals surface area contributed by atoms with Gasteiger partial charge in [0.25, 0.3) is 0 Å². The van der Waals surface area contributed by atoms with Crippen LogP contribution in [0.15, 0.2) is 24.4 Å². The first-order chi connectivity index (χ1) is 11.8. The second-order valence-corrected chi connectivity index (χ2v) is 6.29. The molecule has 1 fully saturated rings. The highest BCUT2D eigenvalue weighted by atomic mass is 16.5. The van der Waals surface area contributed by atoms with Gasteiger partial charge in [-0.15, -0.1) is 0 Å². The van der Waals surface area contributed by atoms with Crippen molar-refractivity contribution in [1.82, 2.24) is 14.9 Å². The predicted molar refractivity (Wildman–Crippen MR) is 94.4 cm³/mol. The van der Waals surface area contributed by atoms with E-state index in [1.54, 1.807) is 13.3 Å². The number of likely N-dealkylation sites (tertiary alicyclic amines) is 1. The van der Waals surface area contributed by atoms with Crippen molar-refractivity contribution in [1.29, 1.82) is 0 Å². The Bertz CT molecular complexity index is 657. The lowest BCUT2D eigenvalue weighted by Gasteiger charge is -2.31. The molecule has 0 spiro atoms. The van der Waals surface area contributed by atoms with Gasteiger partial charge in [0.1, 0.15) is 5.75 Å². The third-order valence-corrected chi connectivity index (χ3v) is 4.64. The summed E-state index contributed by atoms with van der Waals surface area (Å²) in [6.07, 6.45) is 5.11. The molecule has 3 rings (SSSR count). The van der Waals surface area contributed by atoms with Crippen LogP contribution in [0.25, 0.3) is 11.0 Å². The van der Waals surface area contributed by atoms with Gasteiger partial charge >= 0.3 is 0 Å². The van der Waals surface area contributed by atoms with Gasteiger partial charge in [-0.2, -0.15) is 0 Å². The summed E-state index contributed by atoms with van der Waals surface area (Å²) < 4.78 is 11.0. The minimum absolute atomic E-state index is 0.567. The molecular weight excluding hydrogens is 304 g/mol. The second-order valence-electron chi connectivity index (χ2n) is 6.29. The molecule has 0 saturated carbocycles. The normalized spacial score (nSPS) is 16.4. The summed E-state index contributed by atoms with van der Waals surface area (Å²) in [6, 6.07) is 5.65. The number of nitrogens with zero attached hydrogens (tertiary/aromatic N) is 3. The summed E-state index contributed by atoms with van der Waals surface area (Å²) >= 11 is 0. The third kappa shape index (κ3) is 4.33. The molecule has 0 aliphatic carbocycles. The SMILES string of the molecule is COc1ccc2ncc(OCCCN3CCC(CN)CC3)nc2c1. The fourth-order valence-electron chi connectivity index (χ4n) is 3.08. The Morgan fingerprint density at radius 2 is 2.08 bits per heavy atom. The first kappa shape index (κ1) is 16.9. The molecule has 6 heteroatoms. The Morgan fingerprint density at radius 1 is 1.25 bits per heavy atom. The lowest BCUT2D eigenvalue weighted by atomic mass is 9.97. The molecule has 1 aliphatic heterocycles. The molecule has 2 aromatic rings. The van der Waals surface area contributed by atoms with Crippen molar-refractivity contribution in [3.8, 4) is 11.6 Å². The summed E-state index contributed by atoms with van der Waals surface area (Å²) in [5.41, 5.74) is 7.36. The lowest BCUT2D eigenvalue weighted by molar-refractivity contribution is 0.172. The van der Waals surface area contributed by atoms with Crippen LogP contribution < -0.4 is 15.2 Å². The Kier molecular flexibility index (Phi) is 5.82. The van der Waals surface area contributed by atoms with Crippen LogP contribution in [0.2, 0.25) is 0 Å². The van der Waals surface area contributed by atoms with Gasteiger partial charge in [0.05, 0.1) is 30.9 Å². The number of ether oxygens (including phenoxy) is 2. The highest BCUT2D eigenvalue weighted by Crippen LogP contribution is 2.20. The van der Waals surface area contributed by atoms with E-state index in [1.807, 2.05) is 18.2 Å². The number of hydrogen-bond donors (Lipinski definition) is 1. The quantitative estimate of drug-likeness (QED) is 0.784. The predicted octanol–water partition coefficient (Wildman–Crippen LogP) is 2.08. The van der Waals surface area contributed by atoms with E-state index in [2.05, 4.69) is 14.9 Å². The number of piperidine rings is 1. The maximum Gasteiger partial charge on any atom is 0.232 e. The molecule has 1 aromatic heterocycles. The molecule has 2 heterocycles.